The fourth-order valence-corrected chi connectivity index (χ4v) is 2.28. The maximum atomic E-state index is 5.11. The average Bonchev–Trinajstić information content (AvgIpc) is 2.56. The Morgan fingerprint density at radius 1 is 1.64 bits per heavy atom. The van der Waals surface area contributed by atoms with E-state index in [1.165, 1.54) is 5.56 Å². The number of hydrogen-bond donors (Lipinski definition) is 2. The molecule has 1 atom stereocenters. The Balaban J connectivity index is 2.29. The van der Waals surface area contributed by atoms with E-state index >= 15 is 0 Å². The zero-order valence-corrected chi connectivity index (χ0v) is 10.2. The van der Waals surface area contributed by atoms with Gasteiger partial charge >= 0.3 is 0 Å². The molecular weight excluding hydrogens is 212 g/mol. The largest absolute Gasteiger partial charge is 0.363 e. The van der Waals surface area contributed by atoms with Crippen molar-refractivity contribution in [2.45, 2.75) is 26.3 Å². The van der Waals surface area contributed by atoms with Crippen molar-refractivity contribution >= 4 is 28.7 Å². The third-order valence-electron chi connectivity index (χ3n) is 1.84. The van der Waals surface area contributed by atoms with Crippen molar-refractivity contribution in [1.82, 2.24) is 10.6 Å². The first-order valence-electron chi connectivity index (χ1n) is 4.77. The predicted molar refractivity (Wildman–Crippen MR) is 66.9 cm³/mol. The summed E-state index contributed by atoms with van der Waals surface area (Å²) in [5, 5.41) is 11.3. The number of nitrogens with one attached hydrogen (secondary N) is 2. The Bertz CT molecular complexity index is 270. The number of hydrogen-bond acceptors (Lipinski definition) is 2. The van der Waals surface area contributed by atoms with Crippen LogP contribution in [0.4, 0.5) is 0 Å². The van der Waals surface area contributed by atoms with Gasteiger partial charge in [0.1, 0.15) is 0 Å². The third-order valence-corrected chi connectivity index (χ3v) is 2.83. The standard InChI is InChI=1S/C10H16N2S2/c1-3-11-10(13)12-8(2)6-9-4-5-14-7-9/h4-5,7-8H,3,6H2,1-2H3,(H2,11,12,13). The van der Waals surface area contributed by atoms with Gasteiger partial charge in [0.25, 0.3) is 0 Å². The van der Waals surface area contributed by atoms with Crippen LogP contribution in [-0.2, 0) is 6.42 Å². The van der Waals surface area contributed by atoms with E-state index in [1.54, 1.807) is 11.3 Å². The van der Waals surface area contributed by atoms with Crippen LogP contribution in [-0.4, -0.2) is 17.7 Å². The molecule has 0 spiro atoms. The zero-order valence-electron chi connectivity index (χ0n) is 8.54. The summed E-state index contributed by atoms with van der Waals surface area (Å²) in [6, 6.07) is 2.54. The molecule has 0 fully saturated rings. The molecule has 0 aliphatic rings. The second kappa shape index (κ2) is 5.98. The molecular formula is C10H16N2S2. The lowest BCUT2D eigenvalue weighted by molar-refractivity contribution is 0.652. The van der Waals surface area contributed by atoms with Crippen LogP contribution in [0.3, 0.4) is 0 Å². The molecule has 78 valence electrons. The number of thiophene rings is 1. The first-order valence-corrected chi connectivity index (χ1v) is 6.13. The van der Waals surface area contributed by atoms with Crippen molar-refractivity contribution in [2.75, 3.05) is 6.54 Å². The molecule has 2 N–H and O–H groups in total. The van der Waals surface area contributed by atoms with Gasteiger partial charge in [0.15, 0.2) is 5.11 Å². The van der Waals surface area contributed by atoms with E-state index in [1.807, 2.05) is 6.92 Å². The minimum atomic E-state index is 0.385. The molecule has 1 heterocycles. The number of thiocarbonyl (C=S) groups is 1. The number of rotatable bonds is 4. The van der Waals surface area contributed by atoms with E-state index in [-0.39, 0.29) is 0 Å². The van der Waals surface area contributed by atoms with Crippen molar-refractivity contribution in [1.29, 1.82) is 0 Å². The molecule has 0 aromatic carbocycles. The average molecular weight is 228 g/mol. The maximum absolute atomic E-state index is 5.11. The smallest absolute Gasteiger partial charge is 0.166 e. The van der Waals surface area contributed by atoms with Crippen molar-refractivity contribution in [2.24, 2.45) is 0 Å². The molecule has 0 aliphatic carbocycles. The molecule has 0 bridgehead atoms. The van der Waals surface area contributed by atoms with Gasteiger partial charge in [-0.3, -0.25) is 0 Å². The van der Waals surface area contributed by atoms with E-state index in [9.17, 15) is 0 Å². The molecule has 0 saturated heterocycles. The third kappa shape index (κ3) is 4.07. The van der Waals surface area contributed by atoms with Crippen molar-refractivity contribution < 1.29 is 0 Å². The highest BCUT2D eigenvalue weighted by Gasteiger charge is 2.04. The van der Waals surface area contributed by atoms with Crippen LogP contribution in [0.2, 0.25) is 0 Å². The van der Waals surface area contributed by atoms with E-state index in [0.29, 0.717) is 6.04 Å². The highest BCUT2D eigenvalue weighted by Crippen LogP contribution is 2.08. The summed E-state index contributed by atoms with van der Waals surface area (Å²) in [5.41, 5.74) is 1.37. The molecule has 14 heavy (non-hydrogen) atoms. The minimum absolute atomic E-state index is 0.385. The topological polar surface area (TPSA) is 24.1 Å². The summed E-state index contributed by atoms with van der Waals surface area (Å²) in [6.07, 6.45) is 1.02. The van der Waals surface area contributed by atoms with E-state index < -0.39 is 0 Å². The van der Waals surface area contributed by atoms with Crippen LogP contribution in [0.5, 0.6) is 0 Å². The van der Waals surface area contributed by atoms with Crippen molar-refractivity contribution in [3.8, 4) is 0 Å². The van der Waals surface area contributed by atoms with Gasteiger partial charge in [0, 0.05) is 12.6 Å². The molecule has 0 radical (unpaired) electrons. The summed E-state index contributed by atoms with van der Waals surface area (Å²) in [5.74, 6) is 0. The Morgan fingerprint density at radius 2 is 2.43 bits per heavy atom. The SMILES string of the molecule is CCNC(=S)NC(C)Cc1ccsc1. The minimum Gasteiger partial charge on any atom is -0.363 e. The molecule has 1 rings (SSSR count). The lowest BCUT2D eigenvalue weighted by Crippen LogP contribution is -2.41. The molecule has 2 nitrogen and oxygen atoms in total. The summed E-state index contributed by atoms with van der Waals surface area (Å²) in [7, 11) is 0. The van der Waals surface area contributed by atoms with Gasteiger partial charge in [0.05, 0.1) is 0 Å². The molecule has 4 heteroatoms. The van der Waals surface area contributed by atoms with Gasteiger partial charge in [-0.2, -0.15) is 11.3 Å². The normalized spacial score (nSPS) is 12.1. The van der Waals surface area contributed by atoms with Gasteiger partial charge in [-0.05, 0) is 54.9 Å². The van der Waals surface area contributed by atoms with Crippen molar-refractivity contribution in [3.63, 3.8) is 0 Å². The van der Waals surface area contributed by atoms with Crippen molar-refractivity contribution in [3.05, 3.63) is 22.4 Å². The molecule has 1 unspecified atom stereocenters. The van der Waals surface area contributed by atoms with Crippen LogP contribution >= 0.6 is 23.6 Å². The first kappa shape index (κ1) is 11.5. The second-order valence-corrected chi connectivity index (χ2v) is 4.43. The van der Waals surface area contributed by atoms with E-state index in [2.05, 4.69) is 34.4 Å². The summed E-state index contributed by atoms with van der Waals surface area (Å²) in [6.45, 7) is 5.05. The lowest BCUT2D eigenvalue weighted by Gasteiger charge is -2.15. The quantitative estimate of drug-likeness (QED) is 0.772. The fraction of sp³-hybridized carbons (Fsp3) is 0.500. The van der Waals surface area contributed by atoms with Gasteiger partial charge in [-0.25, -0.2) is 0 Å². The van der Waals surface area contributed by atoms with Crippen LogP contribution < -0.4 is 10.6 Å². The predicted octanol–water partition coefficient (Wildman–Crippen LogP) is 2.16. The second-order valence-electron chi connectivity index (χ2n) is 3.24. The molecule has 1 aromatic rings. The highest BCUT2D eigenvalue weighted by atomic mass is 32.1. The van der Waals surface area contributed by atoms with E-state index in [0.717, 1.165) is 18.1 Å². The van der Waals surface area contributed by atoms with E-state index in [4.69, 9.17) is 12.2 Å². The Kier molecular flexibility index (Phi) is 4.90. The summed E-state index contributed by atoms with van der Waals surface area (Å²) >= 11 is 6.84. The molecule has 1 aromatic heterocycles. The Morgan fingerprint density at radius 3 is 3.00 bits per heavy atom. The van der Waals surface area contributed by atoms with Crippen LogP contribution in [0, 0.1) is 0 Å². The molecule has 0 amide bonds. The van der Waals surface area contributed by atoms with Crippen LogP contribution in [0.25, 0.3) is 0 Å². The summed E-state index contributed by atoms with van der Waals surface area (Å²) < 4.78 is 0. The van der Waals surface area contributed by atoms with Gasteiger partial charge in [-0.15, -0.1) is 0 Å². The van der Waals surface area contributed by atoms with Crippen LogP contribution in [0.1, 0.15) is 19.4 Å². The Hall–Kier alpha value is -0.610. The maximum Gasteiger partial charge on any atom is 0.166 e. The lowest BCUT2D eigenvalue weighted by atomic mass is 10.1. The zero-order chi connectivity index (χ0) is 10.4. The van der Waals surface area contributed by atoms with Crippen LogP contribution in [0.15, 0.2) is 16.8 Å². The first-order chi connectivity index (χ1) is 6.72. The molecule has 0 saturated carbocycles. The monoisotopic (exact) mass is 228 g/mol. The van der Waals surface area contributed by atoms with Gasteiger partial charge < -0.3 is 10.6 Å². The van der Waals surface area contributed by atoms with Gasteiger partial charge in [-0.1, -0.05) is 0 Å². The highest BCUT2D eigenvalue weighted by molar-refractivity contribution is 7.80. The van der Waals surface area contributed by atoms with Gasteiger partial charge in [0.2, 0.25) is 0 Å². The summed E-state index contributed by atoms with van der Waals surface area (Å²) in [4.78, 5) is 0. The molecule has 0 aliphatic heterocycles. The Labute approximate surface area is 94.7 Å². The fourth-order valence-electron chi connectivity index (χ4n) is 1.25.